The number of nitrogens with one attached hydrogen (secondary N) is 4. The number of hydrazine groups is 2. The van der Waals surface area contributed by atoms with Gasteiger partial charge in [-0.25, -0.2) is 16.1 Å². The number of hydrogen-bond donors (Lipinski definition) is 10. The van der Waals surface area contributed by atoms with Gasteiger partial charge in [-0.05, 0) is 5.92 Å². The summed E-state index contributed by atoms with van der Waals surface area (Å²) >= 11 is 0. The number of nitrogens with two attached hydrogens (primary N) is 1. The molecule has 2 aliphatic rings. The summed E-state index contributed by atoms with van der Waals surface area (Å²) < 4.78 is 17.1. The standard InChI is InChI=1S/C20H37N5O11/c1-4-8(5-2)15-10(22-7(3)27)16(11(28)9(6-26)34-15)35-19-14(31)12(29)13(30)17(36-19)18(32)24-25-20(33)23-21/h8-17,19,26,28-31H,4-6,21H2,1-3H3,(H,22,27)(H,24,32)(H2,23,25,33). The zero-order valence-electron chi connectivity index (χ0n) is 20.2. The molecule has 0 spiro atoms. The minimum atomic E-state index is -1.93. The van der Waals surface area contributed by atoms with Crippen molar-refractivity contribution in [2.45, 2.75) is 94.8 Å². The molecule has 2 heterocycles. The first-order valence-corrected chi connectivity index (χ1v) is 11.6. The van der Waals surface area contributed by atoms with Crippen molar-refractivity contribution in [2.24, 2.45) is 11.8 Å². The molecule has 0 aromatic rings. The van der Waals surface area contributed by atoms with Gasteiger partial charge >= 0.3 is 6.03 Å². The van der Waals surface area contributed by atoms with Crippen molar-refractivity contribution < 1.29 is 54.1 Å². The van der Waals surface area contributed by atoms with Crippen molar-refractivity contribution in [1.82, 2.24) is 21.6 Å². The second-order valence-corrected chi connectivity index (χ2v) is 8.70. The maximum Gasteiger partial charge on any atom is 0.347 e. The van der Waals surface area contributed by atoms with Crippen LogP contribution >= 0.6 is 0 Å². The van der Waals surface area contributed by atoms with Crippen molar-refractivity contribution in [1.29, 1.82) is 0 Å². The zero-order chi connectivity index (χ0) is 27.2. The van der Waals surface area contributed by atoms with Gasteiger partial charge in [0.2, 0.25) is 5.91 Å². The predicted molar refractivity (Wildman–Crippen MR) is 119 cm³/mol. The summed E-state index contributed by atoms with van der Waals surface area (Å²) in [6, 6.07) is -1.96. The van der Waals surface area contributed by atoms with E-state index in [1.54, 1.807) is 5.43 Å². The molecule has 2 aliphatic heterocycles. The average molecular weight is 524 g/mol. The lowest BCUT2D eigenvalue weighted by Crippen LogP contribution is -2.69. The van der Waals surface area contributed by atoms with Gasteiger partial charge in [0, 0.05) is 6.92 Å². The number of hydrogen-bond acceptors (Lipinski definition) is 12. The molecule has 16 nitrogen and oxygen atoms in total. The maximum absolute atomic E-state index is 12.4. The quantitative estimate of drug-likeness (QED) is 0.0820. The highest BCUT2D eigenvalue weighted by atomic mass is 16.7. The Morgan fingerprint density at radius 3 is 2.14 bits per heavy atom. The number of carbonyl (C=O) groups excluding carboxylic acids is 3. The second kappa shape index (κ2) is 13.4. The van der Waals surface area contributed by atoms with Gasteiger partial charge in [0.1, 0.15) is 36.6 Å². The van der Waals surface area contributed by atoms with E-state index in [0.717, 1.165) is 0 Å². The number of ether oxygens (including phenoxy) is 3. The van der Waals surface area contributed by atoms with Crippen LogP contribution in [-0.4, -0.2) is 111 Å². The molecule has 0 aromatic carbocycles. The van der Waals surface area contributed by atoms with Crippen LogP contribution in [0.3, 0.4) is 0 Å². The Morgan fingerprint density at radius 1 is 0.972 bits per heavy atom. The first kappa shape index (κ1) is 30.1. The minimum absolute atomic E-state index is 0.114. The van der Waals surface area contributed by atoms with E-state index in [9.17, 15) is 39.9 Å². The summed E-state index contributed by atoms with van der Waals surface area (Å²) in [4.78, 5) is 35.6. The van der Waals surface area contributed by atoms with Gasteiger partial charge in [-0.3, -0.25) is 20.4 Å². The van der Waals surface area contributed by atoms with Gasteiger partial charge in [-0.1, -0.05) is 26.7 Å². The lowest BCUT2D eigenvalue weighted by atomic mass is 9.83. The molecule has 11 N–H and O–H groups in total. The normalized spacial score (nSPS) is 36.7. The van der Waals surface area contributed by atoms with Crippen molar-refractivity contribution in [3.05, 3.63) is 0 Å². The number of rotatable bonds is 8. The molecule has 0 radical (unpaired) electrons. The molecule has 4 amide bonds. The van der Waals surface area contributed by atoms with Crippen LogP contribution in [0.5, 0.6) is 0 Å². The summed E-state index contributed by atoms with van der Waals surface area (Å²) in [5, 5.41) is 54.4. The van der Waals surface area contributed by atoms with Gasteiger partial charge in [-0.15, -0.1) is 0 Å². The molecule has 10 unspecified atom stereocenters. The highest BCUT2D eigenvalue weighted by Gasteiger charge is 2.53. The van der Waals surface area contributed by atoms with Gasteiger partial charge in [0.15, 0.2) is 12.4 Å². The Bertz CT molecular complexity index is 758. The Balaban J connectivity index is 2.33. The number of urea groups is 1. The van der Waals surface area contributed by atoms with Crippen LogP contribution in [0.15, 0.2) is 0 Å². The Labute approximate surface area is 207 Å². The number of aliphatic hydroxyl groups excluding tert-OH is 5. The highest BCUT2D eigenvalue weighted by molar-refractivity contribution is 5.84. The van der Waals surface area contributed by atoms with E-state index in [4.69, 9.17) is 20.1 Å². The SMILES string of the molecule is CCC(CC)C1OC(CO)C(O)C(OC2OC(C(=O)NNC(=O)NN)C(O)C(O)C2O)C1NC(C)=O. The van der Waals surface area contributed by atoms with E-state index in [1.165, 1.54) is 6.92 Å². The average Bonchev–Trinajstić information content (AvgIpc) is 2.85. The smallest absolute Gasteiger partial charge is 0.347 e. The molecule has 0 aromatic heterocycles. The molecular formula is C20H37N5O11. The van der Waals surface area contributed by atoms with Crippen LogP contribution in [0.1, 0.15) is 33.6 Å². The summed E-state index contributed by atoms with van der Waals surface area (Å²) in [7, 11) is 0. The summed E-state index contributed by atoms with van der Waals surface area (Å²) in [5.41, 5.74) is 5.48. The zero-order valence-corrected chi connectivity index (χ0v) is 20.2. The van der Waals surface area contributed by atoms with E-state index in [1.807, 2.05) is 24.7 Å². The monoisotopic (exact) mass is 523 g/mol. The van der Waals surface area contributed by atoms with Gasteiger partial charge < -0.3 is 45.1 Å². The van der Waals surface area contributed by atoms with Crippen LogP contribution in [0, 0.1) is 5.92 Å². The van der Waals surface area contributed by atoms with Crippen LogP contribution in [0.2, 0.25) is 0 Å². The third kappa shape index (κ3) is 6.78. The fraction of sp³-hybridized carbons (Fsp3) is 0.850. The van der Waals surface area contributed by atoms with Crippen molar-refractivity contribution in [2.75, 3.05) is 6.61 Å². The fourth-order valence-electron chi connectivity index (χ4n) is 4.41. The van der Waals surface area contributed by atoms with Gasteiger partial charge in [0.25, 0.3) is 5.91 Å². The number of carbonyl (C=O) groups is 3. The number of amides is 4. The molecule has 2 saturated heterocycles. The summed E-state index contributed by atoms with van der Waals surface area (Å²) in [6.07, 6.45) is -12.7. The molecule has 0 bridgehead atoms. The Hall–Kier alpha value is -2.15. The third-order valence-electron chi connectivity index (χ3n) is 6.37. The first-order chi connectivity index (χ1) is 17.0. The van der Waals surface area contributed by atoms with Gasteiger partial charge in [-0.2, -0.15) is 0 Å². The summed E-state index contributed by atoms with van der Waals surface area (Å²) in [5.74, 6) is 3.20. The molecule has 208 valence electrons. The van der Waals surface area contributed by atoms with E-state index in [0.29, 0.717) is 12.8 Å². The molecule has 0 aliphatic carbocycles. The molecular weight excluding hydrogens is 486 g/mol. The third-order valence-corrected chi connectivity index (χ3v) is 6.37. The fourth-order valence-corrected chi connectivity index (χ4v) is 4.41. The van der Waals surface area contributed by atoms with Crippen molar-refractivity contribution in [3.8, 4) is 0 Å². The lowest BCUT2D eigenvalue weighted by molar-refractivity contribution is -0.326. The number of aliphatic hydroxyl groups is 5. The largest absolute Gasteiger partial charge is 0.394 e. The first-order valence-electron chi connectivity index (χ1n) is 11.6. The maximum atomic E-state index is 12.4. The summed E-state index contributed by atoms with van der Waals surface area (Å²) in [6.45, 7) is 4.48. The van der Waals surface area contributed by atoms with Crippen molar-refractivity contribution in [3.63, 3.8) is 0 Å². The molecule has 36 heavy (non-hydrogen) atoms. The van der Waals surface area contributed by atoms with E-state index in [-0.39, 0.29) is 5.92 Å². The van der Waals surface area contributed by atoms with Crippen LogP contribution in [-0.2, 0) is 23.8 Å². The Kier molecular flexibility index (Phi) is 11.2. The van der Waals surface area contributed by atoms with E-state index < -0.39 is 85.6 Å². The van der Waals surface area contributed by atoms with Crippen LogP contribution in [0.25, 0.3) is 0 Å². The minimum Gasteiger partial charge on any atom is -0.394 e. The highest BCUT2D eigenvalue weighted by Crippen LogP contribution is 2.33. The van der Waals surface area contributed by atoms with E-state index >= 15 is 0 Å². The van der Waals surface area contributed by atoms with Crippen molar-refractivity contribution >= 4 is 17.8 Å². The van der Waals surface area contributed by atoms with E-state index in [2.05, 4.69) is 5.32 Å². The van der Waals surface area contributed by atoms with Crippen LogP contribution in [0.4, 0.5) is 4.79 Å². The lowest BCUT2D eigenvalue weighted by Gasteiger charge is -2.49. The molecule has 2 rings (SSSR count). The topological polar surface area (TPSA) is 254 Å². The van der Waals surface area contributed by atoms with Gasteiger partial charge in [0.05, 0.1) is 18.8 Å². The molecule has 16 heteroatoms. The van der Waals surface area contributed by atoms with Crippen LogP contribution < -0.4 is 27.4 Å². The molecule has 10 atom stereocenters. The second-order valence-electron chi connectivity index (χ2n) is 8.70. The molecule has 2 fully saturated rings. The predicted octanol–water partition coefficient (Wildman–Crippen LogP) is -4.56. The molecule has 0 saturated carbocycles. The Morgan fingerprint density at radius 2 is 1.61 bits per heavy atom.